The maximum Gasteiger partial charge on any atom is 0.145 e. The number of aryl methyl sites for hydroxylation is 1. The van der Waals surface area contributed by atoms with E-state index in [1.54, 1.807) is 13.0 Å². The maximum atomic E-state index is 6.23. The lowest BCUT2D eigenvalue weighted by atomic mass is 10.0. The van der Waals surface area contributed by atoms with E-state index in [4.69, 9.17) is 33.7 Å². The van der Waals surface area contributed by atoms with Crippen LogP contribution in [-0.2, 0) is 13.0 Å². The Balaban J connectivity index is 2.22. The third kappa shape index (κ3) is 4.09. The van der Waals surface area contributed by atoms with E-state index in [0.717, 1.165) is 12.0 Å². The molecule has 0 fully saturated rings. The van der Waals surface area contributed by atoms with Gasteiger partial charge in [-0.1, -0.05) is 40.4 Å². The molecule has 0 aliphatic rings. The number of hydrogen-bond donors (Lipinski definition) is 1. The Hall–Kier alpha value is -1.30. The second kappa shape index (κ2) is 7.11. The van der Waals surface area contributed by atoms with Crippen molar-refractivity contribution in [2.45, 2.75) is 39.3 Å². The van der Waals surface area contributed by atoms with Gasteiger partial charge in [0.25, 0.3) is 0 Å². The molecule has 0 radical (unpaired) electrons. The molecule has 1 unspecified atom stereocenters. The highest BCUT2D eigenvalue weighted by Gasteiger charge is 2.15. The summed E-state index contributed by atoms with van der Waals surface area (Å²) in [5, 5.41) is 8.50. The highest BCUT2D eigenvalue weighted by molar-refractivity contribution is 6.35. The third-order valence-electron chi connectivity index (χ3n) is 3.19. The summed E-state index contributed by atoms with van der Waals surface area (Å²) < 4.78 is 10.4. The fourth-order valence-corrected chi connectivity index (χ4v) is 2.46. The Kier molecular flexibility index (Phi) is 5.45. The molecular formula is C14H17Cl2N3O2. The van der Waals surface area contributed by atoms with Gasteiger partial charge in [0.2, 0.25) is 0 Å². The maximum absolute atomic E-state index is 6.23. The van der Waals surface area contributed by atoms with Crippen molar-refractivity contribution >= 4 is 23.2 Å². The molecule has 0 saturated carbocycles. The first-order chi connectivity index (χ1) is 10.0. The summed E-state index contributed by atoms with van der Waals surface area (Å²) in [7, 11) is 0. The first-order valence-corrected chi connectivity index (χ1v) is 7.41. The Morgan fingerprint density at radius 3 is 2.71 bits per heavy atom. The van der Waals surface area contributed by atoms with Crippen molar-refractivity contribution in [2.24, 2.45) is 5.73 Å². The molecule has 5 nitrogen and oxygen atoms in total. The molecule has 1 aromatic heterocycles. The van der Waals surface area contributed by atoms with Gasteiger partial charge >= 0.3 is 0 Å². The highest BCUT2D eigenvalue weighted by Crippen LogP contribution is 2.34. The minimum atomic E-state index is 0.0253. The van der Waals surface area contributed by atoms with E-state index in [9.17, 15) is 0 Å². The van der Waals surface area contributed by atoms with Gasteiger partial charge in [0.15, 0.2) is 0 Å². The van der Waals surface area contributed by atoms with Crippen molar-refractivity contribution in [2.75, 3.05) is 0 Å². The molecule has 21 heavy (non-hydrogen) atoms. The van der Waals surface area contributed by atoms with E-state index in [2.05, 4.69) is 14.9 Å². The number of ether oxygens (including phenoxy) is 1. The Morgan fingerprint density at radius 2 is 2.10 bits per heavy atom. The van der Waals surface area contributed by atoms with E-state index in [1.165, 1.54) is 0 Å². The SMILES string of the molecule is CCC(N)Cc1cc(Cl)cc(Cl)c1OCc1nonc1C. The largest absolute Gasteiger partial charge is 0.485 e. The van der Waals surface area contributed by atoms with Crippen LogP contribution in [0.5, 0.6) is 5.75 Å². The van der Waals surface area contributed by atoms with E-state index in [0.29, 0.717) is 33.6 Å². The van der Waals surface area contributed by atoms with Gasteiger partial charge in [-0.15, -0.1) is 0 Å². The molecule has 1 heterocycles. The van der Waals surface area contributed by atoms with Gasteiger partial charge < -0.3 is 10.5 Å². The van der Waals surface area contributed by atoms with Gasteiger partial charge in [0, 0.05) is 11.1 Å². The first-order valence-electron chi connectivity index (χ1n) is 6.65. The van der Waals surface area contributed by atoms with Gasteiger partial charge in [0.1, 0.15) is 23.7 Å². The fraction of sp³-hybridized carbons (Fsp3) is 0.429. The lowest BCUT2D eigenvalue weighted by molar-refractivity contribution is 0.268. The second-order valence-corrected chi connectivity index (χ2v) is 5.68. The molecule has 0 saturated heterocycles. The van der Waals surface area contributed by atoms with Crippen molar-refractivity contribution < 1.29 is 9.37 Å². The smallest absolute Gasteiger partial charge is 0.145 e. The first kappa shape index (κ1) is 16.1. The molecule has 0 aliphatic carbocycles. The predicted molar refractivity (Wildman–Crippen MR) is 81.8 cm³/mol. The zero-order valence-electron chi connectivity index (χ0n) is 11.9. The molecule has 2 rings (SSSR count). The minimum Gasteiger partial charge on any atom is -0.485 e. The highest BCUT2D eigenvalue weighted by atomic mass is 35.5. The zero-order chi connectivity index (χ0) is 15.4. The van der Waals surface area contributed by atoms with Crippen LogP contribution in [0, 0.1) is 6.92 Å². The standard InChI is InChI=1S/C14H17Cl2N3O2/c1-3-11(17)5-9-4-10(15)6-12(16)14(9)20-7-13-8(2)18-21-19-13/h4,6,11H,3,5,7,17H2,1-2H3. The van der Waals surface area contributed by atoms with Crippen molar-refractivity contribution in [1.29, 1.82) is 0 Å². The van der Waals surface area contributed by atoms with Crippen molar-refractivity contribution in [3.63, 3.8) is 0 Å². The minimum absolute atomic E-state index is 0.0253. The van der Waals surface area contributed by atoms with Gasteiger partial charge in [-0.3, -0.25) is 0 Å². The molecular weight excluding hydrogens is 313 g/mol. The summed E-state index contributed by atoms with van der Waals surface area (Å²) in [5.74, 6) is 0.576. The topological polar surface area (TPSA) is 74.2 Å². The average Bonchev–Trinajstić information content (AvgIpc) is 2.83. The number of benzene rings is 1. The van der Waals surface area contributed by atoms with Crippen LogP contribution in [0.2, 0.25) is 10.0 Å². The number of nitrogens with two attached hydrogens (primary N) is 1. The van der Waals surface area contributed by atoms with Crippen LogP contribution in [0.15, 0.2) is 16.8 Å². The molecule has 1 aromatic carbocycles. The van der Waals surface area contributed by atoms with E-state index < -0.39 is 0 Å². The summed E-state index contributed by atoms with van der Waals surface area (Å²) in [6, 6.07) is 3.50. The van der Waals surface area contributed by atoms with Crippen LogP contribution in [-0.4, -0.2) is 16.4 Å². The molecule has 0 amide bonds. The Morgan fingerprint density at radius 1 is 1.33 bits per heavy atom. The third-order valence-corrected chi connectivity index (χ3v) is 3.69. The van der Waals surface area contributed by atoms with Crippen LogP contribution in [0.3, 0.4) is 0 Å². The van der Waals surface area contributed by atoms with Crippen LogP contribution < -0.4 is 10.5 Å². The average molecular weight is 330 g/mol. The monoisotopic (exact) mass is 329 g/mol. The summed E-state index contributed by atoms with van der Waals surface area (Å²) in [6.07, 6.45) is 1.50. The van der Waals surface area contributed by atoms with Crippen LogP contribution in [0.4, 0.5) is 0 Å². The molecule has 114 valence electrons. The van der Waals surface area contributed by atoms with Crippen molar-refractivity contribution in [3.05, 3.63) is 39.1 Å². The molecule has 7 heteroatoms. The lowest BCUT2D eigenvalue weighted by Gasteiger charge is -2.16. The van der Waals surface area contributed by atoms with Gasteiger partial charge in [-0.25, -0.2) is 4.63 Å². The van der Waals surface area contributed by atoms with Crippen LogP contribution in [0.1, 0.15) is 30.3 Å². The van der Waals surface area contributed by atoms with Crippen molar-refractivity contribution in [1.82, 2.24) is 10.3 Å². The van der Waals surface area contributed by atoms with Gasteiger partial charge in [-0.05, 0) is 37.5 Å². The fourth-order valence-electron chi connectivity index (χ4n) is 1.87. The second-order valence-electron chi connectivity index (χ2n) is 4.83. The molecule has 1 atom stereocenters. The normalized spacial score (nSPS) is 12.4. The summed E-state index contributed by atoms with van der Waals surface area (Å²) >= 11 is 12.3. The molecule has 2 aromatic rings. The number of aromatic nitrogens is 2. The number of nitrogens with zero attached hydrogens (tertiary/aromatic N) is 2. The van der Waals surface area contributed by atoms with E-state index in [-0.39, 0.29) is 12.6 Å². The van der Waals surface area contributed by atoms with Gasteiger partial charge in [-0.2, -0.15) is 0 Å². The van der Waals surface area contributed by atoms with Crippen LogP contribution in [0.25, 0.3) is 0 Å². The Bertz CT molecular complexity index is 616. The van der Waals surface area contributed by atoms with Crippen LogP contribution >= 0.6 is 23.2 Å². The number of halogens is 2. The summed E-state index contributed by atoms with van der Waals surface area (Å²) in [5.41, 5.74) is 8.21. The van der Waals surface area contributed by atoms with E-state index in [1.807, 2.05) is 13.0 Å². The van der Waals surface area contributed by atoms with Gasteiger partial charge in [0.05, 0.1) is 5.02 Å². The predicted octanol–water partition coefficient (Wildman–Crippen LogP) is 3.54. The molecule has 0 bridgehead atoms. The number of hydrogen-bond acceptors (Lipinski definition) is 5. The summed E-state index contributed by atoms with van der Waals surface area (Å²) in [6.45, 7) is 4.05. The molecule has 0 spiro atoms. The summed E-state index contributed by atoms with van der Waals surface area (Å²) in [4.78, 5) is 0. The lowest BCUT2D eigenvalue weighted by Crippen LogP contribution is -2.21. The molecule has 2 N–H and O–H groups in total. The zero-order valence-corrected chi connectivity index (χ0v) is 13.4. The van der Waals surface area contributed by atoms with E-state index >= 15 is 0 Å². The molecule has 0 aliphatic heterocycles. The van der Waals surface area contributed by atoms with Crippen molar-refractivity contribution in [3.8, 4) is 5.75 Å². The quantitative estimate of drug-likeness (QED) is 0.877. The Labute approximate surface area is 133 Å². The number of rotatable bonds is 6.